The van der Waals surface area contributed by atoms with Gasteiger partial charge in [-0.2, -0.15) is 18.3 Å². The van der Waals surface area contributed by atoms with E-state index >= 15 is 0 Å². The maximum absolute atomic E-state index is 14.0. The third-order valence-electron chi connectivity index (χ3n) is 6.46. The average Bonchev–Trinajstić information content (AvgIpc) is 3.19. The van der Waals surface area contributed by atoms with Gasteiger partial charge in [0.25, 0.3) is 5.91 Å². The van der Waals surface area contributed by atoms with Crippen LogP contribution in [0.4, 0.5) is 24.7 Å². The van der Waals surface area contributed by atoms with E-state index in [1.807, 2.05) is 30.3 Å². The molecule has 0 unspecified atom stereocenters. The van der Waals surface area contributed by atoms with Crippen LogP contribution in [0, 0.1) is 0 Å². The Morgan fingerprint density at radius 3 is 2.26 bits per heavy atom. The van der Waals surface area contributed by atoms with Gasteiger partial charge in [-0.3, -0.25) is 4.79 Å². The fourth-order valence-corrected chi connectivity index (χ4v) is 4.98. The molecule has 184 valence electrons. The number of aromatic nitrogens is 2. The minimum atomic E-state index is -4.57. The number of hydrogen-bond acceptors (Lipinski definition) is 4. The Hall–Kier alpha value is -2.91. The first-order valence-corrected chi connectivity index (χ1v) is 11.9. The van der Waals surface area contributed by atoms with Crippen LogP contribution in [0.5, 0.6) is 0 Å². The van der Waals surface area contributed by atoms with Gasteiger partial charge in [-0.15, -0.1) is 0 Å². The Labute approximate surface area is 210 Å². The predicted molar refractivity (Wildman–Crippen MR) is 129 cm³/mol. The summed E-state index contributed by atoms with van der Waals surface area (Å²) in [5.74, 6) is -0.484. The molecule has 2 atom stereocenters. The maximum Gasteiger partial charge on any atom is 0.410 e. The van der Waals surface area contributed by atoms with Crippen LogP contribution in [-0.4, -0.2) is 52.9 Å². The molecule has 0 spiro atoms. The van der Waals surface area contributed by atoms with Crippen molar-refractivity contribution in [1.82, 2.24) is 14.7 Å². The van der Waals surface area contributed by atoms with Gasteiger partial charge in [-0.05, 0) is 29.8 Å². The van der Waals surface area contributed by atoms with Crippen LogP contribution in [-0.2, 0) is 0 Å². The highest BCUT2D eigenvalue weighted by atomic mass is 35.5. The smallest absolute Gasteiger partial charge is 0.368 e. The van der Waals surface area contributed by atoms with E-state index in [2.05, 4.69) is 15.3 Å². The number of carbonyl (C=O) groups excluding carboxylic acids is 1. The summed E-state index contributed by atoms with van der Waals surface area (Å²) in [5, 5.41) is 7.51. The highest BCUT2D eigenvalue weighted by Gasteiger charge is 2.48. The van der Waals surface area contributed by atoms with E-state index in [0.29, 0.717) is 36.8 Å². The summed E-state index contributed by atoms with van der Waals surface area (Å²) in [7, 11) is 0. The van der Waals surface area contributed by atoms with Crippen LogP contribution in [0.1, 0.15) is 34.6 Å². The number of piperazine rings is 1. The van der Waals surface area contributed by atoms with E-state index in [-0.39, 0.29) is 23.0 Å². The number of amides is 1. The van der Waals surface area contributed by atoms with Crippen molar-refractivity contribution in [3.8, 4) is 0 Å². The topological polar surface area (TPSA) is 53.4 Å². The highest BCUT2D eigenvalue weighted by Crippen LogP contribution is 2.46. The number of nitrogens with one attached hydrogen (secondary N) is 1. The first-order valence-electron chi connectivity index (χ1n) is 11.2. The fraction of sp³-hybridized carbons (Fsp3) is 0.333. The minimum absolute atomic E-state index is 0.00790. The number of benzene rings is 2. The molecule has 1 aromatic heterocycles. The summed E-state index contributed by atoms with van der Waals surface area (Å²) < 4.78 is 42.9. The Balaban J connectivity index is 1.39. The zero-order valence-corrected chi connectivity index (χ0v) is 20.0. The van der Waals surface area contributed by atoms with Crippen LogP contribution < -0.4 is 10.2 Å². The second-order valence-corrected chi connectivity index (χ2v) is 9.43. The molecule has 35 heavy (non-hydrogen) atoms. The number of carbonyl (C=O) groups is 1. The Morgan fingerprint density at radius 2 is 1.63 bits per heavy atom. The van der Waals surface area contributed by atoms with Crippen molar-refractivity contribution in [2.24, 2.45) is 0 Å². The molecule has 0 saturated carbocycles. The van der Waals surface area contributed by atoms with Crippen LogP contribution in [0.25, 0.3) is 0 Å². The first kappa shape index (κ1) is 23.8. The van der Waals surface area contributed by atoms with E-state index in [9.17, 15) is 18.0 Å². The largest absolute Gasteiger partial charge is 0.410 e. The van der Waals surface area contributed by atoms with E-state index in [4.69, 9.17) is 23.2 Å². The van der Waals surface area contributed by atoms with E-state index in [0.717, 1.165) is 10.4 Å². The molecule has 3 aromatic rings. The van der Waals surface area contributed by atoms with Crippen LogP contribution in [0.2, 0.25) is 10.0 Å². The molecule has 5 rings (SSSR count). The van der Waals surface area contributed by atoms with Crippen molar-refractivity contribution in [3.05, 3.63) is 75.9 Å². The molecule has 11 heteroatoms. The van der Waals surface area contributed by atoms with Gasteiger partial charge >= 0.3 is 6.18 Å². The monoisotopic (exact) mass is 523 g/mol. The second-order valence-electron chi connectivity index (χ2n) is 8.61. The number of anilines is 2. The summed E-state index contributed by atoms with van der Waals surface area (Å²) in [4.78, 5) is 17.0. The third-order valence-corrected chi connectivity index (χ3v) is 7.07. The van der Waals surface area contributed by atoms with Crippen molar-refractivity contribution in [3.63, 3.8) is 0 Å². The van der Waals surface area contributed by atoms with Gasteiger partial charge < -0.3 is 15.1 Å². The number of rotatable bonds is 3. The molecule has 1 amide bonds. The second kappa shape index (κ2) is 9.28. The summed E-state index contributed by atoms with van der Waals surface area (Å²) in [6, 6.07) is 13.8. The molecule has 0 bridgehead atoms. The minimum Gasteiger partial charge on any atom is -0.368 e. The summed E-state index contributed by atoms with van der Waals surface area (Å²) in [6.07, 6.45) is -4.86. The standard InChI is InChI=1S/C24H22Cl2F3N5O/c25-16-8-6-15(7-9-16)18-14-19(24(27,28)29)34-22(30-18)20(26)21(31-34)23(35)33-12-10-32(11-13-33)17-4-2-1-3-5-17/h1-9,18-19,30H,10-14H2/t18-,19-/m1/s1. The highest BCUT2D eigenvalue weighted by molar-refractivity contribution is 6.36. The lowest BCUT2D eigenvalue weighted by Crippen LogP contribution is -2.49. The van der Waals surface area contributed by atoms with Crippen molar-refractivity contribution < 1.29 is 18.0 Å². The van der Waals surface area contributed by atoms with E-state index in [1.54, 1.807) is 29.2 Å². The number of nitrogens with zero attached hydrogens (tertiary/aromatic N) is 4. The van der Waals surface area contributed by atoms with Gasteiger partial charge in [0, 0.05) is 43.3 Å². The van der Waals surface area contributed by atoms with Gasteiger partial charge in [-0.25, -0.2) is 4.68 Å². The Bertz CT molecular complexity index is 1210. The van der Waals surface area contributed by atoms with Crippen molar-refractivity contribution >= 4 is 40.6 Å². The van der Waals surface area contributed by atoms with Crippen LogP contribution in [0.15, 0.2) is 54.6 Å². The molecule has 1 N–H and O–H groups in total. The molecule has 3 heterocycles. The van der Waals surface area contributed by atoms with Gasteiger partial charge in [0.05, 0.1) is 6.04 Å². The van der Waals surface area contributed by atoms with Crippen LogP contribution in [0.3, 0.4) is 0 Å². The maximum atomic E-state index is 14.0. The molecular weight excluding hydrogens is 502 g/mol. The first-order chi connectivity index (χ1) is 16.7. The lowest BCUT2D eigenvalue weighted by atomic mass is 9.97. The molecule has 0 aliphatic carbocycles. The summed E-state index contributed by atoms with van der Waals surface area (Å²) >= 11 is 12.4. The molecule has 1 fully saturated rings. The molecule has 2 aliphatic heterocycles. The summed E-state index contributed by atoms with van der Waals surface area (Å²) in [5.41, 5.74) is 1.52. The van der Waals surface area contributed by atoms with E-state index < -0.39 is 24.2 Å². The normalized spacial score (nSPS) is 20.4. The third kappa shape index (κ3) is 4.67. The fourth-order valence-electron chi connectivity index (χ4n) is 4.60. The van der Waals surface area contributed by atoms with Gasteiger partial charge in [0.15, 0.2) is 11.7 Å². The van der Waals surface area contributed by atoms with Gasteiger partial charge in [-0.1, -0.05) is 53.5 Å². The quantitative estimate of drug-likeness (QED) is 0.470. The molecule has 0 radical (unpaired) electrons. The lowest BCUT2D eigenvalue weighted by molar-refractivity contribution is -0.173. The number of hydrogen-bond donors (Lipinski definition) is 1. The molecule has 1 saturated heterocycles. The zero-order valence-electron chi connectivity index (χ0n) is 18.5. The van der Waals surface area contributed by atoms with Gasteiger partial charge in [0.1, 0.15) is 10.8 Å². The Morgan fingerprint density at radius 1 is 0.971 bits per heavy atom. The molecular formula is C24H22Cl2F3N5O. The number of alkyl halides is 3. The number of fused-ring (bicyclic) bond motifs is 1. The van der Waals surface area contributed by atoms with Crippen LogP contribution >= 0.6 is 23.2 Å². The van der Waals surface area contributed by atoms with Gasteiger partial charge in [0.2, 0.25) is 0 Å². The van der Waals surface area contributed by atoms with Crippen molar-refractivity contribution in [2.75, 3.05) is 36.4 Å². The number of halogens is 5. The lowest BCUT2D eigenvalue weighted by Gasteiger charge is -2.35. The zero-order chi connectivity index (χ0) is 24.7. The SMILES string of the molecule is O=C(c1nn2c(c1Cl)N[C@@H](c1ccc(Cl)cc1)C[C@@H]2C(F)(F)F)N1CCN(c2ccccc2)CC1. The predicted octanol–water partition coefficient (Wildman–Crippen LogP) is 5.81. The van der Waals surface area contributed by atoms with Crippen molar-refractivity contribution in [1.29, 1.82) is 0 Å². The summed E-state index contributed by atoms with van der Waals surface area (Å²) in [6.45, 7) is 2.03. The molecule has 6 nitrogen and oxygen atoms in total. The molecule has 2 aliphatic rings. The molecule has 2 aromatic carbocycles. The number of para-hydroxylation sites is 1. The van der Waals surface area contributed by atoms with E-state index in [1.165, 1.54) is 0 Å². The Kier molecular flexibility index (Phi) is 6.31. The average molecular weight is 524 g/mol. The van der Waals surface area contributed by atoms with Crippen molar-refractivity contribution in [2.45, 2.75) is 24.7 Å².